The van der Waals surface area contributed by atoms with Crippen LogP contribution < -0.4 is 10.4 Å². The molecule has 6 rings (SSSR count). The van der Waals surface area contributed by atoms with E-state index in [1.165, 1.54) is 33.0 Å². The monoisotopic (exact) mass is 529 g/mol. The number of rotatable bonds is 5. The molecule has 5 aromatic rings. The van der Waals surface area contributed by atoms with Crippen molar-refractivity contribution in [2.45, 2.75) is 39.2 Å². The van der Waals surface area contributed by atoms with Gasteiger partial charge in [-0.05, 0) is 61.4 Å². The van der Waals surface area contributed by atoms with E-state index in [1.807, 2.05) is 47.2 Å². The molecule has 37 heavy (non-hydrogen) atoms. The zero-order valence-electron chi connectivity index (χ0n) is 20.1. The average Bonchev–Trinajstić information content (AvgIpc) is 3.48. The van der Waals surface area contributed by atoms with E-state index in [-0.39, 0.29) is 11.2 Å². The first-order chi connectivity index (χ1) is 18.0. The number of aryl methyl sites for hydroxylation is 3. The van der Waals surface area contributed by atoms with Crippen molar-refractivity contribution in [1.29, 1.82) is 0 Å². The van der Waals surface area contributed by atoms with Gasteiger partial charge in [-0.25, -0.2) is 4.98 Å². The van der Waals surface area contributed by atoms with Crippen LogP contribution in [-0.2, 0) is 19.4 Å². The molecule has 1 aliphatic carbocycles. The topological polar surface area (TPSA) is 95.3 Å². The van der Waals surface area contributed by atoms with E-state index < -0.39 is 4.92 Å². The van der Waals surface area contributed by atoms with Crippen LogP contribution in [-0.4, -0.2) is 19.2 Å². The number of nitro groups is 1. The number of benzene rings is 2. The zero-order valence-corrected chi connectivity index (χ0v) is 21.7. The molecule has 0 saturated heterocycles. The smallest absolute Gasteiger partial charge is 0.283 e. The van der Waals surface area contributed by atoms with E-state index in [0.29, 0.717) is 22.6 Å². The third-order valence-electron chi connectivity index (χ3n) is 6.67. The molecule has 3 heterocycles. The van der Waals surface area contributed by atoms with Crippen molar-refractivity contribution < 1.29 is 4.92 Å². The summed E-state index contributed by atoms with van der Waals surface area (Å²) in [7, 11) is 0. The van der Waals surface area contributed by atoms with E-state index >= 15 is 0 Å². The lowest BCUT2D eigenvalue weighted by molar-refractivity contribution is -0.384. The van der Waals surface area contributed by atoms with E-state index in [4.69, 9.17) is 10.1 Å². The van der Waals surface area contributed by atoms with Gasteiger partial charge in [0.15, 0.2) is 0 Å². The highest BCUT2D eigenvalue weighted by Gasteiger charge is 2.21. The van der Waals surface area contributed by atoms with Crippen LogP contribution in [0.4, 0.5) is 5.69 Å². The van der Waals surface area contributed by atoms with Crippen LogP contribution in [0.2, 0.25) is 0 Å². The van der Waals surface area contributed by atoms with Gasteiger partial charge < -0.3 is 4.57 Å². The molecule has 0 amide bonds. The standard InChI is InChI=1S/C27H23N5O3S2/c1-17-28-25-24(21-9-5-6-10-23(21)37-25)26(33)31(17)29-27-30(15-18-7-3-2-4-8-18)22(16-36-27)19-11-13-20(14-12-19)32(34)35/h2-4,7-8,11-14,16H,5-6,9-10,15H2,1H3/b29-27-. The first-order valence-electron chi connectivity index (χ1n) is 12.1. The molecule has 10 heteroatoms. The number of thiophene rings is 1. The number of aromatic nitrogens is 3. The SMILES string of the molecule is Cc1nc2sc3c(c2c(=O)n1/N=c1\scc(-c2ccc([N+](=O)[O-])cc2)n1Cc1ccccc1)CCCC3. The molecule has 0 aliphatic heterocycles. The summed E-state index contributed by atoms with van der Waals surface area (Å²) in [6, 6.07) is 16.5. The van der Waals surface area contributed by atoms with Gasteiger partial charge >= 0.3 is 0 Å². The fraction of sp³-hybridized carbons (Fsp3) is 0.222. The molecule has 0 unspecified atom stereocenters. The molecule has 8 nitrogen and oxygen atoms in total. The third kappa shape index (κ3) is 4.32. The van der Waals surface area contributed by atoms with Crippen LogP contribution in [0.5, 0.6) is 0 Å². The lowest BCUT2D eigenvalue weighted by atomic mass is 9.97. The van der Waals surface area contributed by atoms with Crippen LogP contribution >= 0.6 is 22.7 Å². The van der Waals surface area contributed by atoms with E-state index in [0.717, 1.165) is 52.9 Å². The van der Waals surface area contributed by atoms with Crippen molar-refractivity contribution in [1.82, 2.24) is 14.2 Å². The Kier molecular flexibility index (Phi) is 6.05. The number of nitrogens with zero attached hydrogens (tertiary/aromatic N) is 5. The number of non-ortho nitro benzene ring substituents is 1. The van der Waals surface area contributed by atoms with Crippen molar-refractivity contribution in [2.75, 3.05) is 0 Å². The summed E-state index contributed by atoms with van der Waals surface area (Å²) in [5.74, 6) is 0.549. The van der Waals surface area contributed by atoms with Crippen LogP contribution in [0.3, 0.4) is 0 Å². The normalized spacial score (nSPS) is 13.7. The molecule has 0 radical (unpaired) electrons. The number of hydrogen-bond donors (Lipinski definition) is 0. The first-order valence-corrected chi connectivity index (χ1v) is 13.7. The fourth-order valence-electron chi connectivity index (χ4n) is 4.81. The lowest BCUT2D eigenvalue weighted by Crippen LogP contribution is -2.26. The van der Waals surface area contributed by atoms with Gasteiger partial charge in [0.1, 0.15) is 10.7 Å². The second kappa shape index (κ2) is 9.53. The average molecular weight is 530 g/mol. The second-order valence-electron chi connectivity index (χ2n) is 9.05. The lowest BCUT2D eigenvalue weighted by Gasteiger charge is -2.11. The van der Waals surface area contributed by atoms with Gasteiger partial charge in [-0.1, -0.05) is 30.3 Å². The molecular formula is C27H23N5O3S2. The first kappa shape index (κ1) is 23.5. The highest BCUT2D eigenvalue weighted by atomic mass is 32.1. The summed E-state index contributed by atoms with van der Waals surface area (Å²) >= 11 is 3.06. The molecule has 2 aromatic carbocycles. The maximum atomic E-state index is 13.7. The molecule has 1 aliphatic rings. The molecular weight excluding hydrogens is 506 g/mol. The molecule has 186 valence electrons. The van der Waals surface area contributed by atoms with E-state index in [2.05, 4.69) is 0 Å². The Hall–Kier alpha value is -3.89. The van der Waals surface area contributed by atoms with Gasteiger partial charge in [0, 0.05) is 22.4 Å². The molecule has 0 spiro atoms. The van der Waals surface area contributed by atoms with Crippen molar-refractivity contribution in [2.24, 2.45) is 5.10 Å². The van der Waals surface area contributed by atoms with E-state index in [9.17, 15) is 14.9 Å². The Morgan fingerprint density at radius 2 is 1.84 bits per heavy atom. The minimum absolute atomic E-state index is 0.0409. The molecule has 0 N–H and O–H groups in total. The van der Waals surface area contributed by atoms with Gasteiger partial charge in [0.25, 0.3) is 11.2 Å². The Labute approximate surface area is 220 Å². The van der Waals surface area contributed by atoms with Crippen molar-refractivity contribution in [3.05, 3.63) is 107 Å². The summed E-state index contributed by atoms with van der Waals surface area (Å²) in [4.78, 5) is 31.9. The zero-order chi connectivity index (χ0) is 25.5. The molecule has 0 atom stereocenters. The number of fused-ring (bicyclic) bond motifs is 3. The Morgan fingerprint density at radius 3 is 2.59 bits per heavy atom. The highest BCUT2D eigenvalue weighted by Crippen LogP contribution is 2.33. The predicted molar refractivity (Wildman–Crippen MR) is 146 cm³/mol. The van der Waals surface area contributed by atoms with E-state index in [1.54, 1.807) is 23.5 Å². The van der Waals surface area contributed by atoms with Crippen molar-refractivity contribution in [3.63, 3.8) is 0 Å². The highest BCUT2D eigenvalue weighted by molar-refractivity contribution is 7.18. The summed E-state index contributed by atoms with van der Waals surface area (Å²) < 4.78 is 3.47. The van der Waals surface area contributed by atoms with Gasteiger partial charge in [-0.15, -0.1) is 27.8 Å². The van der Waals surface area contributed by atoms with Crippen LogP contribution in [0.15, 0.2) is 69.9 Å². The van der Waals surface area contributed by atoms with Gasteiger partial charge in [0.2, 0.25) is 4.80 Å². The fourth-order valence-corrected chi connectivity index (χ4v) is 7.01. The van der Waals surface area contributed by atoms with Gasteiger partial charge in [0.05, 0.1) is 22.5 Å². The largest absolute Gasteiger partial charge is 0.311 e. The van der Waals surface area contributed by atoms with Gasteiger partial charge in [-0.3, -0.25) is 14.9 Å². The molecule has 0 saturated carbocycles. The quantitative estimate of drug-likeness (QED) is 0.222. The predicted octanol–water partition coefficient (Wildman–Crippen LogP) is 5.50. The summed E-state index contributed by atoms with van der Waals surface area (Å²) in [5, 5.41) is 18.6. The van der Waals surface area contributed by atoms with Gasteiger partial charge in [-0.2, -0.15) is 4.68 Å². The van der Waals surface area contributed by atoms with Crippen LogP contribution in [0.1, 0.15) is 34.7 Å². The summed E-state index contributed by atoms with van der Waals surface area (Å²) in [5.41, 5.74) is 3.84. The van der Waals surface area contributed by atoms with Crippen LogP contribution in [0.25, 0.3) is 21.5 Å². The molecule has 3 aromatic heterocycles. The maximum absolute atomic E-state index is 13.7. The third-order valence-corrected chi connectivity index (χ3v) is 8.71. The van der Waals surface area contributed by atoms with Crippen molar-refractivity contribution >= 4 is 38.6 Å². The summed E-state index contributed by atoms with van der Waals surface area (Å²) in [6.45, 7) is 2.35. The molecule has 0 fully saturated rings. The minimum atomic E-state index is -0.405. The Bertz CT molecular complexity index is 1760. The van der Waals surface area contributed by atoms with Crippen molar-refractivity contribution in [3.8, 4) is 11.3 Å². The van der Waals surface area contributed by atoms with Crippen LogP contribution in [0, 0.1) is 17.0 Å². The molecule has 0 bridgehead atoms. The number of nitro benzene ring substituents is 1. The number of thiazole rings is 1. The Balaban J connectivity index is 1.53. The number of hydrogen-bond acceptors (Lipinski definition) is 7. The minimum Gasteiger partial charge on any atom is -0.311 e. The summed E-state index contributed by atoms with van der Waals surface area (Å²) in [6.07, 6.45) is 4.15. The maximum Gasteiger partial charge on any atom is 0.283 e. The Morgan fingerprint density at radius 1 is 1.08 bits per heavy atom. The second-order valence-corrected chi connectivity index (χ2v) is 11.0.